The molecule has 5 rings (SSSR count). The number of carbonyl (C=O) groups excluding carboxylic acids is 3. The van der Waals surface area contributed by atoms with Crippen molar-refractivity contribution in [1.82, 2.24) is 10.3 Å². The quantitative estimate of drug-likeness (QED) is 0.0987. The molecule has 8 nitrogen and oxygen atoms in total. The van der Waals surface area contributed by atoms with Crippen LogP contribution in [0.25, 0.3) is 17.3 Å². The summed E-state index contributed by atoms with van der Waals surface area (Å²) in [7, 11) is 3.90. The van der Waals surface area contributed by atoms with Gasteiger partial charge in [0.25, 0.3) is 11.8 Å². The number of hydrogen-bond acceptors (Lipinski definition) is 7. The molecule has 0 bridgehead atoms. The Morgan fingerprint density at radius 1 is 0.870 bits per heavy atom. The minimum Gasteiger partial charge on any atom is -0.378 e. The van der Waals surface area contributed by atoms with E-state index in [-0.39, 0.29) is 17.4 Å². The van der Waals surface area contributed by atoms with Crippen molar-refractivity contribution in [1.29, 1.82) is 0 Å². The maximum Gasteiger partial charge on any atom is 0.272 e. The van der Waals surface area contributed by atoms with Crippen LogP contribution in [0.15, 0.2) is 119 Å². The molecule has 0 unspecified atom stereocenters. The first-order chi connectivity index (χ1) is 22.2. The van der Waals surface area contributed by atoms with Crippen LogP contribution in [-0.4, -0.2) is 42.6 Å². The van der Waals surface area contributed by atoms with Crippen LogP contribution in [0.5, 0.6) is 0 Å². The van der Waals surface area contributed by atoms with E-state index < -0.39 is 11.8 Å². The summed E-state index contributed by atoms with van der Waals surface area (Å²) in [5.74, 6) is -0.855. The Hall–Kier alpha value is -4.90. The minimum atomic E-state index is -0.470. The first-order valence-corrected chi connectivity index (χ1v) is 16.4. The van der Waals surface area contributed by atoms with Crippen molar-refractivity contribution in [2.75, 3.05) is 35.4 Å². The Labute approximate surface area is 280 Å². The molecule has 0 fully saturated rings. The Kier molecular flexibility index (Phi) is 10.9. The van der Waals surface area contributed by atoms with Gasteiger partial charge in [0.05, 0.1) is 11.4 Å². The van der Waals surface area contributed by atoms with Gasteiger partial charge in [-0.25, -0.2) is 4.98 Å². The van der Waals surface area contributed by atoms with E-state index in [9.17, 15) is 14.4 Å². The number of aromatic nitrogens is 1. The lowest BCUT2D eigenvalue weighted by Crippen LogP contribution is -2.30. The van der Waals surface area contributed by atoms with Gasteiger partial charge in [0.1, 0.15) is 5.70 Å². The number of nitrogens with one attached hydrogen (secondary N) is 3. The first kappa shape index (κ1) is 32.5. The van der Waals surface area contributed by atoms with E-state index in [4.69, 9.17) is 11.6 Å². The van der Waals surface area contributed by atoms with Crippen LogP contribution in [0, 0.1) is 0 Å². The lowest BCUT2D eigenvalue weighted by Gasteiger charge is -2.13. The summed E-state index contributed by atoms with van der Waals surface area (Å²) >= 11 is 8.68. The lowest BCUT2D eigenvalue weighted by atomic mass is 10.1. The molecule has 0 aliphatic rings. The van der Waals surface area contributed by atoms with Gasteiger partial charge in [-0.1, -0.05) is 54.1 Å². The van der Waals surface area contributed by atoms with Crippen LogP contribution in [-0.2, 0) is 9.59 Å². The smallest absolute Gasteiger partial charge is 0.272 e. The average Bonchev–Trinajstić information content (AvgIpc) is 3.53. The van der Waals surface area contributed by atoms with Crippen molar-refractivity contribution in [3.05, 3.63) is 130 Å². The molecule has 46 heavy (non-hydrogen) atoms. The van der Waals surface area contributed by atoms with Gasteiger partial charge < -0.3 is 20.9 Å². The molecule has 1 aromatic heterocycles. The molecule has 0 aliphatic carbocycles. The van der Waals surface area contributed by atoms with Crippen LogP contribution in [0.3, 0.4) is 0 Å². The molecule has 0 saturated carbocycles. The summed E-state index contributed by atoms with van der Waals surface area (Å²) in [6.45, 7) is 0. The van der Waals surface area contributed by atoms with Crippen molar-refractivity contribution in [3.8, 4) is 11.3 Å². The summed E-state index contributed by atoms with van der Waals surface area (Å²) in [6.07, 6.45) is 1.64. The van der Waals surface area contributed by atoms with Crippen LogP contribution in [0.2, 0.25) is 5.02 Å². The number of rotatable bonds is 11. The molecule has 3 amide bonds. The normalized spacial score (nSPS) is 11.1. The Balaban J connectivity index is 1.19. The summed E-state index contributed by atoms with van der Waals surface area (Å²) in [5, 5.41) is 11.5. The van der Waals surface area contributed by atoms with Gasteiger partial charge in [0.2, 0.25) is 5.91 Å². The number of thiazole rings is 1. The fraction of sp³-hybridized carbons (Fsp3) is 0.0857. The van der Waals surface area contributed by atoms with E-state index >= 15 is 0 Å². The predicted octanol–water partition coefficient (Wildman–Crippen LogP) is 7.67. The van der Waals surface area contributed by atoms with Crippen LogP contribution in [0.1, 0.15) is 15.9 Å². The zero-order valence-corrected chi connectivity index (χ0v) is 27.4. The molecule has 0 spiro atoms. The Morgan fingerprint density at radius 3 is 2.24 bits per heavy atom. The third-order valence-corrected chi connectivity index (χ3v) is 8.64. The number of halogens is 1. The molecule has 4 aromatic carbocycles. The van der Waals surface area contributed by atoms with Gasteiger partial charge in [-0.15, -0.1) is 23.1 Å². The molecule has 0 radical (unpaired) electrons. The third-order valence-electron chi connectivity index (χ3n) is 6.62. The van der Waals surface area contributed by atoms with Gasteiger partial charge in [0.15, 0.2) is 5.13 Å². The monoisotopic (exact) mass is 667 g/mol. The number of amides is 3. The van der Waals surface area contributed by atoms with Crippen LogP contribution in [0.4, 0.5) is 16.5 Å². The fourth-order valence-electron chi connectivity index (χ4n) is 4.20. The van der Waals surface area contributed by atoms with Crippen molar-refractivity contribution in [3.63, 3.8) is 0 Å². The molecule has 5 aromatic rings. The number of carbonyl (C=O) groups is 3. The van der Waals surface area contributed by atoms with Gasteiger partial charge >= 0.3 is 0 Å². The molecular weight excluding hydrogens is 638 g/mol. The van der Waals surface area contributed by atoms with E-state index in [0.29, 0.717) is 21.4 Å². The number of hydrogen-bond donors (Lipinski definition) is 3. The average molecular weight is 668 g/mol. The number of benzene rings is 4. The highest BCUT2D eigenvalue weighted by molar-refractivity contribution is 8.00. The third kappa shape index (κ3) is 9.07. The summed E-state index contributed by atoms with van der Waals surface area (Å²) in [6, 6.07) is 30.9. The number of nitrogens with zero attached hydrogens (tertiary/aromatic N) is 2. The topological polar surface area (TPSA) is 103 Å². The van der Waals surface area contributed by atoms with Crippen molar-refractivity contribution < 1.29 is 14.4 Å². The SMILES string of the molecule is CN(C)c1ccc(/C=C(\NC(=O)c2ccccc2)C(=O)Nc2ccc(SCC(=O)Nc3nc(-c4ccc(Cl)cc4)cs3)cc2)cc1. The zero-order valence-electron chi connectivity index (χ0n) is 25.0. The fourth-order valence-corrected chi connectivity index (χ4v) is 5.76. The standard InChI is InChI=1S/C35H30ClN5O3S2/c1-41(2)28-16-8-23(9-17-28)20-30(38-33(43)25-6-4-3-5-7-25)34(44)37-27-14-18-29(19-15-27)45-22-32(42)40-35-39-31(21-46-35)24-10-12-26(36)13-11-24/h3-21H,22H2,1-2H3,(H,37,44)(H,38,43)(H,39,40,42)/b30-20-. The van der Waals surface area contributed by atoms with Crippen molar-refractivity contribution in [2.24, 2.45) is 0 Å². The van der Waals surface area contributed by atoms with Crippen LogP contribution < -0.4 is 20.9 Å². The lowest BCUT2D eigenvalue weighted by molar-refractivity contribution is -0.114. The van der Waals surface area contributed by atoms with E-state index in [0.717, 1.165) is 27.4 Å². The second-order valence-corrected chi connectivity index (χ2v) is 12.6. The van der Waals surface area contributed by atoms with Crippen LogP contribution >= 0.6 is 34.7 Å². The molecule has 232 valence electrons. The Bertz CT molecular complexity index is 1840. The molecule has 3 N–H and O–H groups in total. The maximum atomic E-state index is 13.4. The highest BCUT2D eigenvalue weighted by Crippen LogP contribution is 2.27. The van der Waals surface area contributed by atoms with E-state index in [1.807, 2.05) is 79.0 Å². The van der Waals surface area contributed by atoms with Gasteiger partial charge in [0, 0.05) is 51.9 Å². The molecule has 0 atom stereocenters. The molecular formula is C35H30ClN5O3S2. The number of anilines is 3. The summed E-state index contributed by atoms with van der Waals surface area (Å²) < 4.78 is 0. The highest BCUT2D eigenvalue weighted by Gasteiger charge is 2.16. The van der Waals surface area contributed by atoms with E-state index in [1.54, 1.807) is 54.6 Å². The first-order valence-electron chi connectivity index (χ1n) is 14.1. The van der Waals surface area contributed by atoms with Gasteiger partial charge in [-0.05, 0) is 72.3 Å². The Morgan fingerprint density at radius 2 is 1.57 bits per heavy atom. The van der Waals surface area contributed by atoms with Crippen molar-refractivity contribution >= 4 is 75.0 Å². The van der Waals surface area contributed by atoms with Gasteiger partial charge in [-0.3, -0.25) is 14.4 Å². The maximum absolute atomic E-state index is 13.4. The van der Waals surface area contributed by atoms with E-state index in [1.165, 1.54) is 23.1 Å². The second-order valence-electron chi connectivity index (χ2n) is 10.2. The highest BCUT2D eigenvalue weighted by atomic mass is 35.5. The number of thioether (sulfide) groups is 1. The van der Waals surface area contributed by atoms with E-state index in [2.05, 4.69) is 20.9 Å². The van der Waals surface area contributed by atoms with Gasteiger partial charge in [-0.2, -0.15) is 0 Å². The summed E-state index contributed by atoms with van der Waals surface area (Å²) in [5.41, 5.74) is 4.53. The predicted molar refractivity (Wildman–Crippen MR) is 190 cm³/mol. The van der Waals surface area contributed by atoms with Crippen molar-refractivity contribution in [2.45, 2.75) is 4.90 Å². The molecule has 1 heterocycles. The molecule has 11 heteroatoms. The molecule has 0 aliphatic heterocycles. The minimum absolute atomic E-state index is 0.1000. The second kappa shape index (κ2) is 15.4. The largest absolute Gasteiger partial charge is 0.378 e. The molecule has 0 saturated heterocycles. The summed E-state index contributed by atoms with van der Waals surface area (Å²) in [4.78, 5) is 46.2. The zero-order chi connectivity index (χ0) is 32.5.